The number of likely N-dealkylation sites (tertiary alicyclic amines) is 1. The van der Waals surface area contributed by atoms with Gasteiger partial charge in [-0.05, 0) is 67.3 Å². The fourth-order valence-electron chi connectivity index (χ4n) is 6.28. The van der Waals surface area contributed by atoms with Crippen LogP contribution in [0.3, 0.4) is 0 Å². The maximum Gasteiger partial charge on any atom is 0.410 e. The number of ketones is 1. The highest BCUT2D eigenvalue weighted by Gasteiger charge is 2.32. The molecule has 222 valence electrons. The van der Waals surface area contributed by atoms with Crippen LogP contribution in [-0.4, -0.2) is 68.3 Å². The van der Waals surface area contributed by atoms with Gasteiger partial charge in [-0.3, -0.25) is 4.79 Å². The van der Waals surface area contributed by atoms with Gasteiger partial charge in [0.2, 0.25) is 0 Å². The van der Waals surface area contributed by atoms with E-state index < -0.39 is 0 Å². The highest BCUT2D eigenvalue weighted by atomic mass is 16.6. The largest absolute Gasteiger partial charge is 0.497 e. The van der Waals surface area contributed by atoms with Gasteiger partial charge in [0.25, 0.3) is 0 Å². The molecule has 1 amide bonds. The lowest BCUT2D eigenvalue weighted by atomic mass is 9.81. The first-order valence-electron chi connectivity index (χ1n) is 14.9. The van der Waals surface area contributed by atoms with Gasteiger partial charge in [-0.15, -0.1) is 6.58 Å². The molecule has 0 unspecified atom stereocenters. The topological polar surface area (TPSA) is 81.2 Å². The van der Waals surface area contributed by atoms with Crippen LogP contribution in [0.25, 0.3) is 10.9 Å². The van der Waals surface area contributed by atoms with Gasteiger partial charge in [-0.2, -0.15) is 0 Å². The average molecular weight is 572 g/mol. The number of methoxy groups -OCH3 is 2. The van der Waals surface area contributed by atoms with Gasteiger partial charge < -0.3 is 24.0 Å². The van der Waals surface area contributed by atoms with Crippen LogP contribution in [0, 0.1) is 11.8 Å². The van der Waals surface area contributed by atoms with E-state index in [0.717, 1.165) is 54.5 Å². The monoisotopic (exact) mass is 571 g/mol. The fourth-order valence-corrected chi connectivity index (χ4v) is 6.28. The molecule has 42 heavy (non-hydrogen) atoms. The highest BCUT2D eigenvalue weighted by molar-refractivity contribution is 6.08. The molecule has 8 nitrogen and oxygen atoms in total. The first-order chi connectivity index (χ1) is 20.5. The van der Waals surface area contributed by atoms with Crippen molar-refractivity contribution in [1.82, 2.24) is 9.88 Å². The summed E-state index contributed by atoms with van der Waals surface area (Å²) >= 11 is 0. The van der Waals surface area contributed by atoms with Crippen LogP contribution >= 0.6 is 0 Å². The number of amides is 1. The van der Waals surface area contributed by atoms with Crippen molar-refractivity contribution in [3.8, 4) is 5.75 Å². The summed E-state index contributed by atoms with van der Waals surface area (Å²) in [5, 5.41) is 0.807. The summed E-state index contributed by atoms with van der Waals surface area (Å²) in [7, 11) is 3.35. The van der Waals surface area contributed by atoms with Crippen LogP contribution in [-0.2, 0) is 16.1 Å². The zero-order valence-corrected chi connectivity index (χ0v) is 24.7. The fraction of sp³-hybridized carbons (Fsp3) is 0.441. The lowest BCUT2D eigenvalue weighted by molar-refractivity contribution is 0.0694. The van der Waals surface area contributed by atoms with Crippen LogP contribution in [0.4, 0.5) is 10.6 Å². The smallest absolute Gasteiger partial charge is 0.410 e. The number of carbonyl (C=O) groups excluding carboxylic acids is 2. The number of benzene rings is 2. The summed E-state index contributed by atoms with van der Waals surface area (Å²) in [6.45, 7) is 6.97. The Morgan fingerprint density at radius 1 is 1.07 bits per heavy atom. The predicted molar refractivity (Wildman–Crippen MR) is 164 cm³/mol. The van der Waals surface area contributed by atoms with Gasteiger partial charge in [0.15, 0.2) is 5.78 Å². The minimum atomic E-state index is -0.307. The number of hydrogen-bond acceptors (Lipinski definition) is 7. The Bertz CT molecular complexity index is 1390. The van der Waals surface area contributed by atoms with E-state index in [2.05, 4.69) is 11.5 Å². The molecule has 3 heterocycles. The van der Waals surface area contributed by atoms with Crippen molar-refractivity contribution in [3.05, 3.63) is 78.4 Å². The Hall–Kier alpha value is -3.91. The lowest BCUT2D eigenvalue weighted by Gasteiger charge is -2.36. The second kappa shape index (κ2) is 13.8. The molecule has 3 aromatic rings. The molecule has 2 aliphatic heterocycles. The third-order valence-electron chi connectivity index (χ3n) is 8.65. The van der Waals surface area contributed by atoms with Crippen LogP contribution < -0.4 is 9.64 Å². The summed E-state index contributed by atoms with van der Waals surface area (Å²) < 4.78 is 16.5. The van der Waals surface area contributed by atoms with E-state index in [9.17, 15) is 9.59 Å². The van der Waals surface area contributed by atoms with E-state index in [-0.39, 0.29) is 36.4 Å². The quantitative estimate of drug-likeness (QED) is 0.198. The van der Waals surface area contributed by atoms with Gasteiger partial charge >= 0.3 is 6.09 Å². The van der Waals surface area contributed by atoms with E-state index in [1.807, 2.05) is 60.7 Å². The number of fused-ring (bicyclic) bond motifs is 1. The summed E-state index contributed by atoms with van der Waals surface area (Å²) in [4.78, 5) is 35.6. The molecule has 1 aromatic heterocycles. The number of ether oxygens (including phenoxy) is 3. The Morgan fingerprint density at radius 3 is 2.67 bits per heavy atom. The van der Waals surface area contributed by atoms with Crippen molar-refractivity contribution in [2.75, 3.05) is 45.4 Å². The number of hydrogen-bond donors (Lipinski definition) is 0. The standard InChI is InChI=1S/C34H41N3O5/c1-4-25-21-36(34(39)42-22-24-9-6-5-7-10-24)18-16-26(25)12-15-32(38)30-20-33(37-17-8-11-27(37)23-40-2)35-31-14-13-28(41-3)19-29(30)31/h4-7,9-10,13-14,19-20,25-27H,1,8,11-12,15-18,21-23H2,2-3H3/t25-,26+,27-/m0/s1. The van der Waals surface area contributed by atoms with Crippen molar-refractivity contribution in [2.24, 2.45) is 11.8 Å². The van der Waals surface area contributed by atoms with Crippen molar-refractivity contribution >= 4 is 28.6 Å². The first-order valence-corrected chi connectivity index (χ1v) is 14.9. The number of Topliss-reactive ketones (excluding diaryl/α,β-unsaturated/α-hetero) is 1. The van der Waals surface area contributed by atoms with Gasteiger partial charge in [0.05, 0.1) is 25.3 Å². The summed E-state index contributed by atoms with van der Waals surface area (Å²) in [5.41, 5.74) is 2.42. The molecule has 0 spiro atoms. The van der Waals surface area contributed by atoms with Crippen molar-refractivity contribution in [3.63, 3.8) is 0 Å². The minimum absolute atomic E-state index is 0.0897. The van der Waals surface area contributed by atoms with Crippen LogP contribution in [0.15, 0.2) is 67.3 Å². The number of pyridine rings is 1. The molecule has 0 saturated carbocycles. The molecule has 2 saturated heterocycles. The van der Waals surface area contributed by atoms with Gasteiger partial charge in [0.1, 0.15) is 18.2 Å². The number of piperidine rings is 1. The molecule has 5 rings (SSSR count). The normalized spacial score (nSPS) is 20.5. The third kappa shape index (κ3) is 6.76. The predicted octanol–water partition coefficient (Wildman–Crippen LogP) is 6.28. The van der Waals surface area contributed by atoms with E-state index in [4.69, 9.17) is 19.2 Å². The highest BCUT2D eigenvalue weighted by Crippen LogP contribution is 2.33. The SMILES string of the molecule is C=C[C@H]1CN(C(=O)OCc2ccccc2)CC[C@H]1CCC(=O)c1cc(N2CCC[C@H]2COC)nc2ccc(OC)cc12. The van der Waals surface area contributed by atoms with Gasteiger partial charge in [-0.1, -0.05) is 36.4 Å². The maximum absolute atomic E-state index is 13.8. The van der Waals surface area contributed by atoms with Crippen molar-refractivity contribution < 1.29 is 23.8 Å². The number of carbonyl (C=O) groups is 2. The summed E-state index contributed by atoms with van der Waals surface area (Å²) in [6, 6.07) is 17.6. The Morgan fingerprint density at radius 2 is 1.90 bits per heavy atom. The molecule has 0 N–H and O–H groups in total. The molecule has 0 aliphatic carbocycles. The molecule has 0 radical (unpaired) electrons. The number of aromatic nitrogens is 1. The minimum Gasteiger partial charge on any atom is -0.497 e. The third-order valence-corrected chi connectivity index (χ3v) is 8.65. The molecular weight excluding hydrogens is 530 g/mol. The maximum atomic E-state index is 13.8. The van der Waals surface area contributed by atoms with Crippen LogP contribution in [0.5, 0.6) is 5.75 Å². The van der Waals surface area contributed by atoms with E-state index in [1.165, 1.54) is 0 Å². The second-order valence-corrected chi connectivity index (χ2v) is 11.3. The molecule has 0 bridgehead atoms. The molecule has 2 aromatic carbocycles. The van der Waals surface area contributed by atoms with Crippen LogP contribution in [0.1, 0.15) is 48.0 Å². The first kappa shape index (κ1) is 29.6. The molecule has 3 atom stereocenters. The number of anilines is 1. The Labute approximate surface area is 248 Å². The zero-order valence-electron chi connectivity index (χ0n) is 24.7. The number of nitrogens with zero attached hydrogens (tertiary/aromatic N) is 3. The second-order valence-electron chi connectivity index (χ2n) is 11.3. The van der Waals surface area contributed by atoms with E-state index in [1.54, 1.807) is 19.1 Å². The Kier molecular flexibility index (Phi) is 9.74. The number of rotatable bonds is 11. The molecule has 2 aliphatic rings. The average Bonchev–Trinajstić information content (AvgIpc) is 3.50. The Balaban J connectivity index is 1.27. The van der Waals surface area contributed by atoms with Crippen molar-refractivity contribution in [2.45, 2.75) is 44.8 Å². The molecular formula is C34H41N3O5. The lowest BCUT2D eigenvalue weighted by Crippen LogP contribution is -2.43. The van der Waals surface area contributed by atoms with Crippen molar-refractivity contribution in [1.29, 1.82) is 0 Å². The van der Waals surface area contributed by atoms with Crippen LogP contribution in [0.2, 0.25) is 0 Å². The van der Waals surface area contributed by atoms with E-state index in [0.29, 0.717) is 37.4 Å². The van der Waals surface area contributed by atoms with Gasteiger partial charge in [0, 0.05) is 44.1 Å². The zero-order chi connectivity index (χ0) is 29.5. The summed E-state index contributed by atoms with van der Waals surface area (Å²) in [6.07, 6.45) is 5.65. The summed E-state index contributed by atoms with van der Waals surface area (Å²) in [5.74, 6) is 1.97. The molecule has 8 heteroatoms. The van der Waals surface area contributed by atoms with E-state index >= 15 is 0 Å². The molecule has 2 fully saturated rings. The van der Waals surface area contributed by atoms with Gasteiger partial charge in [-0.25, -0.2) is 9.78 Å².